The summed E-state index contributed by atoms with van der Waals surface area (Å²) in [5.74, 6) is 0.0693. The SMILES string of the molecule is CC1CC(N2C(=O)C[C@@](C)(c3cccc(N)c3Cl)N=C2NC(=O)O)CCC1O[Si](C)(C)C(C)(C)C. The Labute approximate surface area is 214 Å². The van der Waals surface area contributed by atoms with Gasteiger partial charge in [-0.15, -0.1) is 0 Å². The zero-order chi connectivity index (χ0) is 26.3. The number of rotatable bonds is 4. The fourth-order valence-electron chi connectivity index (χ4n) is 4.81. The number of anilines is 1. The average Bonchev–Trinajstić information content (AvgIpc) is 2.70. The highest BCUT2D eigenvalue weighted by atomic mass is 35.5. The molecule has 4 N–H and O–H groups in total. The van der Waals surface area contributed by atoms with Crippen molar-refractivity contribution in [2.45, 2.75) is 96.1 Å². The van der Waals surface area contributed by atoms with Crippen molar-refractivity contribution in [3.63, 3.8) is 0 Å². The number of guanidine groups is 1. The monoisotopic (exact) mass is 522 g/mol. The number of hydrogen-bond acceptors (Lipinski definition) is 5. The first-order valence-electron chi connectivity index (χ1n) is 12.2. The van der Waals surface area contributed by atoms with Crippen molar-refractivity contribution in [1.29, 1.82) is 0 Å². The molecule has 8 nitrogen and oxygen atoms in total. The Morgan fingerprint density at radius 2 is 2.00 bits per heavy atom. The number of carbonyl (C=O) groups is 2. The summed E-state index contributed by atoms with van der Waals surface area (Å²) in [4.78, 5) is 31.5. The normalized spacial score (nSPS) is 28.0. The maximum atomic E-state index is 13.5. The van der Waals surface area contributed by atoms with Gasteiger partial charge in [0.25, 0.3) is 0 Å². The predicted octanol–water partition coefficient (Wildman–Crippen LogP) is 5.57. The van der Waals surface area contributed by atoms with Crippen molar-refractivity contribution in [1.82, 2.24) is 10.2 Å². The Hall–Kier alpha value is -2.10. The van der Waals surface area contributed by atoms with E-state index in [1.807, 2.05) is 0 Å². The van der Waals surface area contributed by atoms with Gasteiger partial charge in [-0.05, 0) is 56.3 Å². The van der Waals surface area contributed by atoms with Gasteiger partial charge in [-0.25, -0.2) is 9.79 Å². The molecular weight excluding hydrogens is 484 g/mol. The molecule has 0 saturated heterocycles. The van der Waals surface area contributed by atoms with E-state index in [2.05, 4.69) is 46.1 Å². The topological polar surface area (TPSA) is 117 Å². The second-order valence-corrected chi connectivity index (χ2v) is 16.8. The van der Waals surface area contributed by atoms with Crippen molar-refractivity contribution >= 4 is 43.6 Å². The maximum Gasteiger partial charge on any atom is 0.411 e. The van der Waals surface area contributed by atoms with Gasteiger partial charge < -0.3 is 15.3 Å². The standard InChI is InChI=1S/C25H39ClN4O4Si/c1-15-13-16(11-12-19(15)34-35(6,7)24(2,3)4)30-20(31)14-25(5,29-22(30)28-23(32)33)17-9-8-10-18(27)21(17)26/h8-10,15-16,19H,11-14,27H2,1-7H3,(H,28,29)(H,32,33)/t15?,16?,19?,25-/m0/s1. The quantitative estimate of drug-likeness (QED) is 0.353. The van der Waals surface area contributed by atoms with Crippen LogP contribution in [-0.2, 0) is 14.8 Å². The molecule has 0 bridgehead atoms. The van der Waals surface area contributed by atoms with Crippen LogP contribution in [0.2, 0.25) is 23.2 Å². The molecule has 1 aliphatic carbocycles. The van der Waals surface area contributed by atoms with Crippen LogP contribution < -0.4 is 11.1 Å². The summed E-state index contributed by atoms with van der Waals surface area (Å²) in [6.07, 6.45) is 1.15. The molecule has 3 rings (SSSR count). The van der Waals surface area contributed by atoms with Gasteiger partial charge in [-0.2, -0.15) is 0 Å². The van der Waals surface area contributed by atoms with Crippen LogP contribution in [0.5, 0.6) is 0 Å². The van der Waals surface area contributed by atoms with Crippen LogP contribution in [0.25, 0.3) is 0 Å². The van der Waals surface area contributed by atoms with E-state index in [-0.39, 0.29) is 41.4 Å². The van der Waals surface area contributed by atoms with Crippen molar-refractivity contribution in [3.05, 3.63) is 28.8 Å². The predicted molar refractivity (Wildman–Crippen MR) is 142 cm³/mol. The number of nitrogens with two attached hydrogens (primary N) is 1. The fourth-order valence-corrected chi connectivity index (χ4v) is 6.60. The Kier molecular flexibility index (Phi) is 7.65. The largest absolute Gasteiger partial charge is 0.465 e. The van der Waals surface area contributed by atoms with Crippen LogP contribution in [0.15, 0.2) is 23.2 Å². The van der Waals surface area contributed by atoms with Crippen LogP contribution in [0.3, 0.4) is 0 Å². The van der Waals surface area contributed by atoms with Gasteiger partial charge in [0, 0.05) is 17.7 Å². The lowest BCUT2D eigenvalue weighted by molar-refractivity contribution is -0.132. The number of halogens is 1. The van der Waals surface area contributed by atoms with Crippen LogP contribution in [0.4, 0.5) is 10.5 Å². The third-order valence-electron chi connectivity index (χ3n) is 7.85. The maximum absolute atomic E-state index is 13.5. The number of carboxylic acid groups (broad SMARTS) is 1. The van der Waals surface area contributed by atoms with E-state index in [4.69, 9.17) is 26.8 Å². The molecule has 0 radical (unpaired) electrons. The minimum Gasteiger partial charge on any atom is -0.465 e. The third-order valence-corrected chi connectivity index (χ3v) is 12.8. The molecule has 0 aromatic heterocycles. The first kappa shape index (κ1) is 27.5. The molecule has 35 heavy (non-hydrogen) atoms. The number of nitrogens with zero attached hydrogens (tertiary/aromatic N) is 2. The first-order chi connectivity index (χ1) is 16.1. The highest BCUT2D eigenvalue weighted by Gasteiger charge is 2.46. The summed E-state index contributed by atoms with van der Waals surface area (Å²) in [7, 11) is -1.93. The van der Waals surface area contributed by atoms with Gasteiger partial charge in [0.05, 0.1) is 22.7 Å². The highest BCUT2D eigenvalue weighted by Crippen LogP contribution is 2.43. The lowest BCUT2D eigenvalue weighted by Crippen LogP contribution is -2.58. The Morgan fingerprint density at radius 3 is 2.57 bits per heavy atom. The van der Waals surface area contributed by atoms with Gasteiger partial charge in [0.1, 0.15) is 0 Å². The minimum atomic E-state index is -1.93. The molecule has 1 aliphatic heterocycles. The van der Waals surface area contributed by atoms with E-state index >= 15 is 0 Å². The summed E-state index contributed by atoms with van der Waals surface area (Å²) >= 11 is 6.46. The molecule has 1 aromatic rings. The van der Waals surface area contributed by atoms with E-state index in [0.717, 1.165) is 6.42 Å². The van der Waals surface area contributed by atoms with Gasteiger partial charge in [-0.3, -0.25) is 15.0 Å². The Morgan fingerprint density at radius 1 is 1.34 bits per heavy atom. The van der Waals surface area contributed by atoms with Crippen molar-refractivity contribution in [2.24, 2.45) is 10.9 Å². The second-order valence-electron chi connectivity index (χ2n) is 11.6. The molecular formula is C25H39ClN4O4Si. The number of aliphatic imine (C=N–C) groups is 1. The Bertz CT molecular complexity index is 1030. The van der Waals surface area contributed by atoms with Crippen LogP contribution in [-0.4, -0.2) is 48.4 Å². The molecule has 3 unspecified atom stereocenters. The number of carbonyl (C=O) groups excluding carboxylic acids is 1. The summed E-state index contributed by atoms with van der Waals surface area (Å²) in [6, 6.07) is 5.04. The first-order valence-corrected chi connectivity index (χ1v) is 15.5. The molecule has 0 spiro atoms. The molecule has 194 valence electrons. The zero-order valence-electron chi connectivity index (χ0n) is 21.8. The van der Waals surface area contributed by atoms with Gasteiger partial charge >= 0.3 is 6.09 Å². The van der Waals surface area contributed by atoms with Crippen LogP contribution >= 0.6 is 11.6 Å². The lowest BCUT2D eigenvalue weighted by atomic mass is 9.82. The van der Waals surface area contributed by atoms with Crippen molar-refractivity contribution in [2.75, 3.05) is 5.73 Å². The van der Waals surface area contributed by atoms with Gasteiger partial charge in [0.15, 0.2) is 8.32 Å². The minimum absolute atomic E-state index is 0.0377. The summed E-state index contributed by atoms with van der Waals surface area (Å²) in [5, 5.41) is 12.3. The number of benzene rings is 1. The lowest BCUT2D eigenvalue weighted by Gasteiger charge is -2.46. The number of nitrogens with one attached hydrogen (secondary N) is 1. The van der Waals surface area contributed by atoms with E-state index in [9.17, 15) is 14.7 Å². The smallest absolute Gasteiger partial charge is 0.411 e. The van der Waals surface area contributed by atoms with Crippen LogP contribution in [0, 0.1) is 5.92 Å². The van der Waals surface area contributed by atoms with E-state index in [1.165, 1.54) is 4.90 Å². The Balaban J connectivity index is 1.88. The van der Waals surface area contributed by atoms with Gasteiger partial charge in [-0.1, -0.05) is 51.4 Å². The van der Waals surface area contributed by atoms with Crippen LogP contribution in [0.1, 0.15) is 65.9 Å². The highest BCUT2D eigenvalue weighted by molar-refractivity contribution is 6.74. The molecule has 1 heterocycles. The molecule has 1 fully saturated rings. The summed E-state index contributed by atoms with van der Waals surface area (Å²) < 4.78 is 6.69. The zero-order valence-corrected chi connectivity index (χ0v) is 23.6. The van der Waals surface area contributed by atoms with E-state index in [1.54, 1.807) is 25.1 Å². The van der Waals surface area contributed by atoms with Crippen molar-refractivity contribution < 1.29 is 19.1 Å². The molecule has 4 atom stereocenters. The third kappa shape index (κ3) is 5.67. The average molecular weight is 523 g/mol. The molecule has 2 aliphatic rings. The number of hydrogen-bond donors (Lipinski definition) is 3. The molecule has 2 amide bonds. The molecule has 10 heteroatoms. The molecule has 1 aromatic carbocycles. The van der Waals surface area contributed by atoms with Crippen molar-refractivity contribution in [3.8, 4) is 0 Å². The van der Waals surface area contributed by atoms with E-state index in [0.29, 0.717) is 29.1 Å². The number of nitrogen functional groups attached to an aromatic ring is 1. The summed E-state index contributed by atoms with van der Waals surface area (Å²) in [5.41, 5.74) is 5.93. The number of amides is 2. The fraction of sp³-hybridized carbons (Fsp3) is 0.640. The van der Waals surface area contributed by atoms with E-state index < -0.39 is 19.9 Å². The molecule has 1 saturated carbocycles. The summed E-state index contributed by atoms with van der Waals surface area (Å²) in [6.45, 7) is 15.1. The van der Waals surface area contributed by atoms with Gasteiger partial charge in [0.2, 0.25) is 11.9 Å². The second kappa shape index (κ2) is 9.75.